The van der Waals surface area contributed by atoms with Crippen LogP contribution in [0.2, 0.25) is 0 Å². The van der Waals surface area contributed by atoms with Crippen LogP contribution in [-0.4, -0.2) is 6.29 Å². The van der Waals surface area contributed by atoms with Crippen molar-refractivity contribution in [2.24, 2.45) is 0 Å². The van der Waals surface area contributed by atoms with Crippen LogP contribution in [0.1, 0.15) is 21.5 Å². The van der Waals surface area contributed by atoms with Crippen LogP contribution in [0.25, 0.3) is 0 Å². The first-order valence-corrected chi connectivity index (χ1v) is 5.60. The molecule has 2 rings (SSSR count). The smallest absolute Gasteiger partial charge is 0.150 e. The Bertz CT molecular complexity index is 591. The number of benzene rings is 2. The fraction of sp³-hybridized carbons (Fsp3) is 0.133. The molecule has 0 unspecified atom stereocenters. The quantitative estimate of drug-likeness (QED) is 0.761. The molecule has 0 radical (unpaired) electrons. The summed E-state index contributed by atoms with van der Waals surface area (Å²) in [7, 11) is 0. The molecule has 0 atom stereocenters. The third-order valence-corrected chi connectivity index (χ3v) is 2.73. The normalized spacial score (nSPS) is 10.2. The van der Waals surface area contributed by atoms with Gasteiger partial charge in [0.2, 0.25) is 0 Å². The summed E-state index contributed by atoms with van der Waals surface area (Å²) in [6.45, 7) is 3.62. The van der Waals surface area contributed by atoms with Crippen molar-refractivity contribution in [2.75, 3.05) is 0 Å². The largest absolute Gasteiger partial charge is 0.457 e. The number of carbonyl (C=O) groups is 1. The first-order chi connectivity index (χ1) is 8.60. The fourth-order valence-electron chi connectivity index (χ4n) is 1.70. The van der Waals surface area contributed by atoms with Crippen molar-refractivity contribution in [1.82, 2.24) is 0 Å². The van der Waals surface area contributed by atoms with Gasteiger partial charge in [-0.05, 0) is 61.4 Å². The second kappa shape index (κ2) is 5.00. The van der Waals surface area contributed by atoms with E-state index < -0.39 is 0 Å². The first-order valence-electron chi connectivity index (χ1n) is 5.60. The summed E-state index contributed by atoms with van der Waals surface area (Å²) in [5.41, 5.74) is 2.22. The molecule has 92 valence electrons. The Balaban J connectivity index is 2.28. The van der Waals surface area contributed by atoms with Crippen LogP contribution in [0.4, 0.5) is 4.39 Å². The molecule has 0 aliphatic carbocycles. The van der Waals surface area contributed by atoms with E-state index >= 15 is 0 Å². The van der Waals surface area contributed by atoms with E-state index in [4.69, 9.17) is 4.74 Å². The van der Waals surface area contributed by atoms with Crippen LogP contribution in [-0.2, 0) is 0 Å². The van der Waals surface area contributed by atoms with Gasteiger partial charge < -0.3 is 4.74 Å². The van der Waals surface area contributed by atoms with Gasteiger partial charge in [0.1, 0.15) is 23.6 Å². The summed E-state index contributed by atoms with van der Waals surface area (Å²) in [4.78, 5) is 10.7. The Morgan fingerprint density at radius 2 is 1.83 bits per heavy atom. The van der Waals surface area contributed by atoms with Gasteiger partial charge in [-0.2, -0.15) is 0 Å². The van der Waals surface area contributed by atoms with Gasteiger partial charge in [0.15, 0.2) is 0 Å². The molecule has 0 bridgehead atoms. The van der Waals surface area contributed by atoms with Crippen molar-refractivity contribution in [3.63, 3.8) is 0 Å². The first kappa shape index (κ1) is 12.3. The molecular formula is C15H13FO2. The Morgan fingerprint density at radius 3 is 2.44 bits per heavy atom. The lowest BCUT2D eigenvalue weighted by atomic mass is 10.1. The highest BCUT2D eigenvalue weighted by Crippen LogP contribution is 2.26. The fourth-order valence-corrected chi connectivity index (χ4v) is 1.70. The Morgan fingerprint density at radius 1 is 1.06 bits per heavy atom. The van der Waals surface area contributed by atoms with Crippen molar-refractivity contribution < 1.29 is 13.9 Å². The zero-order chi connectivity index (χ0) is 13.1. The molecule has 0 aromatic heterocycles. The van der Waals surface area contributed by atoms with E-state index in [1.165, 1.54) is 12.1 Å². The molecule has 0 saturated carbocycles. The molecule has 2 aromatic rings. The highest BCUT2D eigenvalue weighted by Gasteiger charge is 2.04. The molecule has 18 heavy (non-hydrogen) atoms. The molecule has 2 nitrogen and oxygen atoms in total. The minimum Gasteiger partial charge on any atom is -0.457 e. The summed E-state index contributed by atoms with van der Waals surface area (Å²) in [5, 5.41) is 0. The number of rotatable bonds is 3. The number of aldehydes is 1. The van der Waals surface area contributed by atoms with Crippen LogP contribution < -0.4 is 4.74 Å². The third-order valence-electron chi connectivity index (χ3n) is 2.73. The van der Waals surface area contributed by atoms with Crippen molar-refractivity contribution in [1.29, 1.82) is 0 Å². The van der Waals surface area contributed by atoms with Crippen LogP contribution in [0, 0.1) is 19.7 Å². The zero-order valence-electron chi connectivity index (χ0n) is 10.2. The van der Waals surface area contributed by atoms with E-state index in [0.29, 0.717) is 17.1 Å². The van der Waals surface area contributed by atoms with E-state index in [1.54, 1.807) is 31.2 Å². The van der Waals surface area contributed by atoms with Gasteiger partial charge >= 0.3 is 0 Å². The summed E-state index contributed by atoms with van der Waals surface area (Å²) >= 11 is 0. The molecule has 0 aliphatic heterocycles. The highest BCUT2D eigenvalue weighted by molar-refractivity contribution is 5.77. The van der Waals surface area contributed by atoms with Gasteiger partial charge in [0.25, 0.3) is 0 Å². The summed E-state index contributed by atoms with van der Waals surface area (Å²) in [6.07, 6.45) is 0.808. The monoisotopic (exact) mass is 244 g/mol. The molecule has 0 amide bonds. The lowest BCUT2D eigenvalue weighted by Crippen LogP contribution is -1.91. The van der Waals surface area contributed by atoms with Gasteiger partial charge in [-0.25, -0.2) is 4.39 Å². The number of halogens is 1. The van der Waals surface area contributed by atoms with Crippen LogP contribution in [0.15, 0.2) is 36.4 Å². The SMILES string of the molecule is Cc1cc(Oc2ccc(F)cc2C)ccc1C=O. The number of hydrogen-bond donors (Lipinski definition) is 0. The maximum Gasteiger partial charge on any atom is 0.150 e. The topological polar surface area (TPSA) is 26.3 Å². The molecular weight excluding hydrogens is 231 g/mol. The second-order valence-electron chi connectivity index (χ2n) is 4.15. The lowest BCUT2D eigenvalue weighted by Gasteiger charge is -2.09. The predicted octanol–water partition coefficient (Wildman–Crippen LogP) is 4.05. The molecule has 3 heteroatoms. The van der Waals surface area contributed by atoms with E-state index in [9.17, 15) is 9.18 Å². The standard InChI is InChI=1S/C15H13FO2/c1-10-8-14(5-3-12(10)9-17)18-15-6-4-13(16)7-11(15)2/h3-9H,1-2H3. The number of ether oxygens (including phenoxy) is 1. The maximum absolute atomic E-state index is 13.0. The number of aryl methyl sites for hydroxylation is 2. The number of hydrogen-bond acceptors (Lipinski definition) is 2. The Hall–Kier alpha value is -2.16. The molecule has 0 saturated heterocycles. The Labute approximate surface area is 105 Å². The van der Waals surface area contributed by atoms with E-state index in [2.05, 4.69) is 0 Å². The second-order valence-corrected chi connectivity index (χ2v) is 4.15. The minimum atomic E-state index is -0.285. The minimum absolute atomic E-state index is 0.285. The molecule has 0 fully saturated rings. The van der Waals surface area contributed by atoms with Crippen LogP contribution in [0.3, 0.4) is 0 Å². The van der Waals surface area contributed by atoms with Crippen molar-refractivity contribution >= 4 is 6.29 Å². The molecule has 2 aromatic carbocycles. The van der Waals surface area contributed by atoms with Crippen molar-refractivity contribution in [2.45, 2.75) is 13.8 Å². The average Bonchev–Trinajstić information content (AvgIpc) is 2.33. The van der Waals surface area contributed by atoms with Crippen LogP contribution in [0.5, 0.6) is 11.5 Å². The molecule has 0 N–H and O–H groups in total. The lowest BCUT2D eigenvalue weighted by molar-refractivity contribution is 0.112. The van der Waals surface area contributed by atoms with Gasteiger partial charge in [0, 0.05) is 5.56 Å². The van der Waals surface area contributed by atoms with Crippen LogP contribution >= 0.6 is 0 Å². The zero-order valence-corrected chi connectivity index (χ0v) is 10.2. The van der Waals surface area contributed by atoms with Gasteiger partial charge in [-0.1, -0.05) is 0 Å². The van der Waals surface area contributed by atoms with E-state index in [0.717, 1.165) is 17.4 Å². The summed E-state index contributed by atoms with van der Waals surface area (Å²) < 4.78 is 18.6. The van der Waals surface area contributed by atoms with Crippen molar-refractivity contribution in [3.05, 3.63) is 58.9 Å². The molecule has 0 aliphatic rings. The maximum atomic E-state index is 13.0. The van der Waals surface area contributed by atoms with Gasteiger partial charge in [-0.3, -0.25) is 4.79 Å². The van der Waals surface area contributed by atoms with Crippen molar-refractivity contribution in [3.8, 4) is 11.5 Å². The summed E-state index contributed by atoms with van der Waals surface area (Å²) in [6, 6.07) is 9.58. The van der Waals surface area contributed by atoms with E-state index in [-0.39, 0.29) is 5.82 Å². The van der Waals surface area contributed by atoms with Gasteiger partial charge in [-0.15, -0.1) is 0 Å². The van der Waals surface area contributed by atoms with E-state index in [1.807, 2.05) is 6.92 Å². The molecule has 0 spiro atoms. The average molecular weight is 244 g/mol. The van der Waals surface area contributed by atoms with Gasteiger partial charge in [0.05, 0.1) is 0 Å². The third kappa shape index (κ3) is 2.56. The predicted molar refractivity (Wildman–Crippen MR) is 67.8 cm³/mol. The summed E-state index contributed by atoms with van der Waals surface area (Å²) in [5.74, 6) is 0.954. The molecule has 0 heterocycles. The Kier molecular flexibility index (Phi) is 3.42. The number of carbonyl (C=O) groups excluding carboxylic acids is 1. The highest BCUT2D eigenvalue weighted by atomic mass is 19.1.